The Balaban J connectivity index is 1.41. The lowest BCUT2D eigenvalue weighted by Gasteiger charge is -2.27. The summed E-state index contributed by atoms with van der Waals surface area (Å²) in [6, 6.07) is 7.40. The van der Waals surface area contributed by atoms with E-state index >= 15 is 0 Å². The minimum Gasteiger partial charge on any atom is -0.497 e. The molecule has 1 atom stereocenters. The number of imidazole rings is 1. The molecule has 1 saturated carbocycles. The normalized spacial score (nSPS) is 20.2. The number of hydrogen-bond acceptors (Lipinski definition) is 3. The lowest BCUT2D eigenvalue weighted by Crippen LogP contribution is -2.29. The van der Waals surface area contributed by atoms with E-state index < -0.39 is 0 Å². The van der Waals surface area contributed by atoms with E-state index in [1.165, 1.54) is 30.8 Å². The van der Waals surface area contributed by atoms with E-state index in [1.807, 2.05) is 35.4 Å². The molecule has 138 valence electrons. The van der Waals surface area contributed by atoms with Crippen LogP contribution in [0.15, 0.2) is 30.5 Å². The average Bonchev–Trinajstić information content (AvgIpc) is 3.22. The van der Waals surface area contributed by atoms with Crippen molar-refractivity contribution in [2.75, 3.05) is 20.2 Å². The quantitative estimate of drug-likeness (QED) is 0.825. The van der Waals surface area contributed by atoms with Crippen molar-refractivity contribution < 1.29 is 9.53 Å². The van der Waals surface area contributed by atoms with Gasteiger partial charge in [-0.05, 0) is 56.4 Å². The number of rotatable bonds is 5. The van der Waals surface area contributed by atoms with Crippen LogP contribution in [0.3, 0.4) is 0 Å². The number of carbonyl (C=O) groups excluding carboxylic acids is 1. The van der Waals surface area contributed by atoms with Crippen molar-refractivity contribution in [3.8, 4) is 5.75 Å². The minimum absolute atomic E-state index is 0.122. The molecule has 1 aliphatic carbocycles. The molecule has 0 bridgehead atoms. The molecule has 2 aromatic rings. The van der Waals surface area contributed by atoms with Crippen molar-refractivity contribution in [1.82, 2.24) is 14.5 Å². The van der Waals surface area contributed by atoms with Crippen LogP contribution in [0.2, 0.25) is 0 Å². The number of aryl methyl sites for hydroxylation is 1. The Labute approximate surface area is 155 Å². The number of ether oxygens (including phenoxy) is 1. The van der Waals surface area contributed by atoms with Gasteiger partial charge in [0.2, 0.25) is 0 Å². The fraction of sp³-hybridized carbons (Fsp3) is 0.524. The number of amides is 1. The SMILES string of the molecule is COc1ccc(C(=O)N2CCC(Cn3c(C)cnc3C3CCC3)C2)cc1. The molecule has 1 unspecified atom stereocenters. The predicted octanol–water partition coefficient (Wildman–Crippen LogP) is 3.63. The Morgan fingerprint density at radius 1 is 1.23 bits per heavy atom. The van der Waals surface area contributed by atoms with Gasteiger partial charge in [-0.1, -0.05) is 6.42 Å². The summed E-state index contributed by atoms with van der Waals surface area (Å²) < 4.78 is 7.57. The van der Waals surface area contributed by atoms with Gasteiger partial charge in [0, 0.05) is 43.0 Å². The van der Waals surface area contributed by atoms with Gasteiger partial charge in [0.05, 0.1) is 7.11 Å². The molecular formula is C21H27N3O2. The lowest BCUT2D eigenvalue weighted by molar-refractivity contribution is 0.0786. The van der Waals surface area contributed by atoms with Crippen LogP contribution in [-0.4, -0.2) is 40.6 Å². The molecule has 2 aliphatic rings. The van der Waals surface area contributed by atoms with E-state index in [4.69, 9.17) is 4.74 Å². The van der Waals surface area contributed by atoms with Crippen molar-refractivity contribution in [3.05, 3.63) is 47.5 Å². The van der Waals surface area contributed by atoms with Gasteiger partial charge in [-0.3, -0.25) is 4.79 Å². The van der Waals surface area contributed by atoms with Gasteiger partial charge in [-0.15, -0.1) is 0 Å². The maximum atomic E-state index is 12.8. The smallest absolute Gasteiger partial charge is 0.253 e. The molecule has 0 spiro atoms. The number of methoxy groups -OCH3 is 1. The van der Waals surface area contributed by atoms with E-state index in [-0.39, 0.29) is 5.91 Å². The minimum atomic E-state index is 0.122. The molecule has 0 radical (unpaired) electrons. The van der Waals surface area contributed by atoms with Gasteiger partial charge in [-0.25, -0.2) is 4.98 Å². The number of likely N-dealkylation sites (tertiary alicyclic amines) is 1. The molecule has 1 aromatic heterocycles. The molecular weight excluding hydrogens is 326 g/mol. The largest absolute Gasteiger partial charge is 0.497 e. The molecule has 1 amide bonds. The topological polar surface area (TPSA) is 47.4 Å². The second-order valence-corrected chi connectivity index (χ2v) is 7.63. The summed E-state index contributed by atoms with van der Waals surface area (Å²) >= 11 is 0. The predicted molar refractivity (Wildman–Crippen MR) is 101 cm³/mol. The average molecular weight is 353 g/mol. The highest BCUT2D eigenvalue weighted by Crippen LogP contribution is 2.36. The number of benzene rings is 1. The molecule has 1 aliphatic heterocycles. The summed E-state index contributed by atoms with van der Waals surface area (Å²) in [5.74, 6) is 3.30. The second kappa shape index (κ2) is 7.14. The summed E-state index contributed by atoms with van der Waals surface area (Å²) in [5, 5.41) is 0. The number of nitrogens with zero attached hydrogens (tertiary/aromatic N) is 3. The van der Waals surface area contributed by atoms with Gasteiger partial charge in [0.1, 0.15) is 11.6 Å². The molecule has 2 heterocycles. The van der Waals surface area contributed by atoms with Gasteiger partial charge >= 0.3 is 0 Å². The first kappa shape index (κ1) is 17.1. The van der Waals surface area contributed by atoms with Crippen molar-refractivity contribution in [2.45, 2.75) is 45.1 Å². The first-order valence-electron chi connectivity index (χ1n) is 9.61. The number of aromatic nitrogens is 2. The number of hydrogen-bond donors (Lipinski definition) is 0. The fourth-order valence-electron chi connectivity index (χ4n) is 4.05. The van der Waals surface area contributed by atoms with Crippen LogP contribution in [0.5, 0.6) is 5.75 Å². The van der Waals surface area contributed by atoms with E-state index in [0.29, 0.717) is 11.8 Å². The highest BCUT2D eigenvalue weighted by Gasteiger charge is 2.30. The Morgan fingerprint density at radius 2 is 2.00 bits per heavy atom. The van der Waals surface area contributed by atoms with E-state index in [9.17, 15) is 4.79 Å². The van der Waals surface area contributed by atoms with Crippen molar-refractivity contribution in [2.24, 2.45) is 5.92 Å². The molecule has 2 fully saturated rings. The van der Waals surface area contributed by atoms with Gasteiger partial charge in [0.15, 0.2) is 0 Å². The van der Waals surface area contributed by atoms with Crippen LogP contribution in [-0.2, 0) is 6.54 Å². The highest BCUT2D eigenvalue weighted by atomic mass is 16.5. The zero-order valence-corrected chi connectivity index (χ0v) is 15.6. The summed E-state index contributed by atoms with van der Waals surface area (Å²) in [4.78, 5) is 19.4. The van der Waals surface area contributed by atoms with Crippen LogP contribution in [0.1, 0.15) is 53.5 Å². The Kier molecular flexibility index (Phi) is 4.70. The molecule has 0 N–H and O–H groups in total. The molecule has 5 nitrogen and oxygen atoms in total. The zero-order valence-electron chi connectivity index (χ0n) is 15.6. The Morgan fingerprint density at radius 3 is 2.65 bits per heavy atom. The molecule has 26 heavy (non-hydrogen) atoms. The van der Waals surface area contributed by atoms with Gasteiger partial charge < -0.3 is 14.2 Å². The Hall–Kier alpha value is -2.30. The van der Waals surface area contributed by atoms with Crippen LogP contribution in [0.4, 0.5) is 0 Å². The third-order valence-corrected chi connectivity index (χ3v) is 5.91. The summed E-state index contributed by atoms with van der Waals surface area (Å²) in [6.45, 7) is 4.78. The van der Waals surface area contributed by atoms with Crippen LogP contribution >= 0.6 is 0 Å². The van der Waals surface area contributed by atoms with Crippen molar-refractivity contribution in [3.63, 3.8) is 0 Å². The number of carbonyl (C=O) groups is 1. The highest BCUT2D eigenvalue weighted by molar-refractivity contribution is 5.94. The van der Waals surface area contributed by atoms with Crippen LogP contribution < -0.4 is 4.74 Å². The summed E-state index contributed by atoms with van der Waals surface area (Å²) in [6.07, 6.45) is 6.92. The molecule has 5 heteroatoms. The van der Waals surface area contributed by atoms with E-state index in [1.54, 1.807) is 7.11 Å². The van der Waals surface area contributed by atoms with Gasteiger partial charge in [0.25, 0.3) is 5.91 Å². The first-order chi connectivity index (χ1) is 12.7. The first-order valence-corrected chi connectivity index (χ1v) is 9.61. The van der Waals surface area contributed by atoms with E-state index in [2.05, 4.69) is 16.5 Å². The lowest BCUT2D eigenvalue weighted by atomic mass is 9.84. The third kappa shape index (κ3) is 3.22. The zero-order chi connectivity index (χ0) is 18.1. The van der Waals surface area contributed by atoms with Crippen molar-refractivity contribution >= 4 is 5.91 Å². The van der Waals surface area contributed by atoms with Crippen LogP contribution in [0, 0.1) is 12.8 Å². The third-order valence-electron chi connectivity index (χ3n) is 5.91. The second-order valence-electron chi connectivity index (χ2n) is 7.63. The van der Waals surface area contributed by atoms with Crippen LogP contribution in [0.25, 0.3) is 0 Å². The molecule has 1 saturated heterocycles. The monoisotopic (exact) mass is 353 g/mol. The maximum absolute atomic E-state index is 12.8. The standard InChI is InChI=1S/C21H27N3O2/c1-15-12-22-20(17-4-3-5-17)24(15)14-16-10-11-23(13-16)21(25)18-6-8-19(26-2)9-7-18/h6-9,12,16-17H,3-5,10-11,13-14H2,1-2H3. The fourth-order valence-corrected chi connectivity index (χ4v) is 4.05. The van der Waals surface area contributed by atoms with Gasteiger partial charge in [-0.2, -0.15) is 0 Å². The molecule has 4 rings (SSSR count). The maximum Gasteiger partial charge on any atom is 0.253 e. The van der Waals surface area contributed by atoms with E-state index in [0.717, 1.165) is 37.4 Å². The van der Waals surface area contributed by atoms with Crippen molar-refractivity contribution in [1.29, 1.82) is 0 Å². The molecule has 1 aromatic carbocycles. The Bertz CT molecular complexity index is 777. The summed E-state index contributed by atoms with van der Waals surface area (Å²) in [5.41, 5.74) is 1.98. The summed E-state index contributed by atoms with van der Waals surface area (Å²) in [7, 11) is 1.64.